The van der Waals surface area contributed by atoms with Crippen molar-refractivity contribution < 1.29 is 18.8 Å². The Morgan fingerprint density at radius 2 is 1.96 bits per heavy atom. The van der Waals surface area contributed by atoms with Crippen molar-refractivity contribution in [3.05, 3.63) is 52.9 Å². The molecule has 0 radical (unpaired) electrons. The number of anilines is 1. The Morgan fingerprint density at radius 1 is 1.22 bits per heavy atom. The van der Waals surface area contributed by atoms with Crippen LogP contribution in [0.1, 0.15) is 22.5 Å². The standard InChI is InChI=1S/C16H13ClN2O4/c17-13-6-5-12(23-13)16(22)18-11-3-1-9(2-4-11)7-10-8-14(20)19-15(10)21/h1-6,10H,7-8H2,(H,18,22)(H,19,20,21). The Morgan fingerprint density at radius 3 is 2.52 bits per heavy atom. The van der Waals surface area contributed by atoms with Crippen molar-refractivity contribution in [1.82, 2.24) is 5.32 Å². The van der Waals surface area contributed by atoms with Crippen LogP contribution in [0.25, 0.3) is 0 Å². The van der Waals surface area contributed by atoms with E-state index in [4.69, 9.17) is 16.0 Å². The first-order valence-corrected chi connectivity index (χ1v) is 7.38. The van der Waals surface area contributed by atoms with Crippen molar-refractivity contribution in [3.63, 3.8) is 0 Å². The first kappa shape index (κ1) is 15.3. The molecule has 118 valence electrons. The number of hydrogen-bond donors (Lipinski definition) is 2. The lowest BCUT2D eigenvalue weighted by atomic mass is 9.98. The molecule has 1 aliphatic rings. The molecule has 1 aromatic carbocycles. The molecule has 3 rings (SSSR count). The zero-order valence-electron chi connectivity index (χ0n) is 12.0. The highest BCUT2D eigenvalue weighted by molar-refractivity contribution is 6.29. The Bertz CT molecular complexity index is 767. The fourth-order valence-electron chi connectivity index (χ4n) is 2.41. The van der Waals surface area contributed by atoms with Crippen LogP contribution in [0.3, 0.4) is 0 Å². The minimum absolute atomic E-state index is 0.125. The number of imide groups is 1. The van der Waals surface area contributed by atoms with E-state index in [0.29, 0.717) is 12.1 Å². The number of carbonyl (C=O) groups is 3. The predicted octanol–water partition coefficient (Wildman–Crippen LogP) is 2.39. The smallest absolute Gasteiger partial charge is 0.291 e. The van der Waals surface area contributed by atoms with Crippen LogP contribution in [0, 0.1) is 5.92 Å². The van der Waals surface area contributed by atoms with Crippen LogP contribution in [-0.2, 0) is 16.0 Å². The van der Waals surface area contributed by atoms with Gasteiger partial charge in [-0.2, -0.15) is 0 Å². The summed E-state index contributed by atoms with van der Waals surface area (Å²) in [6.45, 7) is 0. The quantitative estimate of drug-likeness (QED) is 0.841. The summed E-state index contributed by atoms with van der Waals surface area (Å²) in [5.41, 5.74) is 1.51. The molecule has 0 saturated carbocycles. The second-order valence-electron chi connectivity index (χ2n) is 5.27. The first-order chi connectivity index (χ1) is 11.0. The Kier molecular flexibility index (Phi) is 4.16. The molecule has 2 aromatic rings. The molecule has 3 amide bonds. The summed E-state index contributed by atoms with van der Waals surface area (Å²) in [6, 6.07) is 10.1. The van der Waals surface area contributed by atoms with Crippen LogP contribution in [0.15, 0.2) is 40.8 Å². The van der Waals surface area contributed by atoms with Gasteiger partial charge in [0.2, 0.25) is 11.8 Å². The van der Waals surface area contributed by atoms with Gasteiger partial charge in [-0.05, 0) is 47.9 Å². The molecule has 7 heteroatoms. The van der Waals surface area contributed by atoms with Gasteiger partial charge in [-0.1, -0.05) is 12.1 Å². The second kappa shape index (κ2) is 6.26. The highest BCUT2D eigenvalue weighted by Gasteiger charge is 2.30. The van der Waals surface area contributed by atoms with Gasteiger partial charge in [-0.15, -0.1) is 0 Å². The number of furan rings is 1. The normalized spacial score (nSPS) is 17.2. The highest BCUT2D eigenvalue weighted by Crippen LogP contribution is 2.20. The molecule has 1 atom stereocenters. The fourth-order valence-corrected chi connectivity index (χ4v) is 2.56. The minimum Gasteiger partial charge on any atom is -0.440 e. The lowest BCUT2D eigenvalue weighted by molar-refractivity contribution is -0.125. The van der Waals surface area contributed by atoms with E-state index < -0.39 is 5.91 Å². The summed E-state index contributed by atoms with van der Waals surface area (Å²) in [5.74, 6) is -1.07. The van der Waals surface area contributed by atoms with Crippen LogP contribution in [-0.4, -0.2) is 17.7 Å². The topological polar surface area (TPSA) is 88.4 Å². The molecular weight excluding hydrogens is 320 g/mol. The summed E-state index contributed by atoms with van der Waals surface area (Å²) in [5, 5.41) is 5.12. The Hall–Kier alpha value is -2.60. The van der Waals surface area contributed by atoms with Crippen molar-refractivity contribution in [2.75, 3.05) is 5.32 Å². The number of rotatable bonds is 4. The van der Waals surface area contributed by atoms with Gasteiger partial charge < -0.3 is 9.73 Å². The summed E-state index contributed by atoms with van der Waals surface area (Å²) in [4.78, 5) is 34.6. The zero-order valence-corrected chi connectivity index (χ0v) is 12.7. The Labute approximate surface area is 136 Å². The van der Waals surface area contributed by atoms with E-state index in [1.54, 1.807) is 24.3 Å². The molecule has 0 spiro atoms. The third kappa shape index (κ3) is 3.60. The number of benzene rings is 1. The van der Waals surface area contributed by atoms with Crippen molar-refractivity contribution >= 4 is 35.0 Å². The third-order valence-corrected chi connectivity index (χ3v) is 3.76. The van der Waals surface area contributed by atoms with Crippen LogP contribution >= 0.6 is 11.6 Å². The molecule has 1 unspecified atom stereocenters. The van der Waals surface area contributed by atoms with Crippen LogP contribution in [0.5, 0.6) is 0 Å². The molecule has 23 heavy (non-hydrogen) atoms. The predicted molar refractivity (Wildman–Crippen MR) is 83.1 cm³/mol. The van der Waals surface area contributed by atoms with Crippen molar-refractivity contribution in [2.45, 2.75) is 12.8 Å². The first-order valence-electron chi connectivity index (χ1n) is 7.00. The molecule has 6 nitrogen and oxygen atoms in total. The molecule has 2 N–H and O–H groups in total. The van der Waals surface area contributed by atoms with E-state index in [1.807, 2.05) is 0 Å². The van der Waals surface area contributed by atoms with Gasteiger partial charge in [0.1, 0.15) is 0 Å². The van der Waals surface area contributed by atoms with Gasteiger partial charge in [0.15, 0.2) is 11.0 Å². The van der Waals surface area contributed by atoms with Crippen molar-refractivity contribution in [3.8, 4) is 0 Å². The monoisotopic (exact) mass is 332 g/mol. The molecule has 2 heterocycles. The van der Waals surface area contributed by atoms with E-state index in [-0.39, 0.29) is 35.1 Å². The van der Waals surface area contributed by atoms with E-state index in [0.717, 1.165) is 5.56 Å². The maximum absolute atomic E-state index is 11.9. The van der Waals surface area contributed by atoms with Gasteiger partial charge in [0, 0.05) is 12.1 Å². The molecule has 1 fully saturated rings. The Balaban J connectivity index is 1.62. The number of nitrogens with one attached hydrogen (secondary N) is 2. The van der Waals surface area contributed by atoms with Crippen LogP contribution < -0.4 is 10.6 Å². The van der Waals surface area contributed by atoms with Gasteiger partial charge in [-0.3, -0.25) is 19.7 Å². The largest absolute Gasteiger partial charge is 0.440 e. The van der Waals surface area contributed by atoms with Gasteiger partial charge >= 0.3 is 0 Å². The maximum Gasteiger partial charge on any atom is 0.291 e. The average Bonchev–Trinajstić information content (AvgIpc) is 3.07. The molecule has 1 aliphatic heterocycles. The molecule has 0 bridgehead atoms. The summed E-state index contributed by atoms with van der Waals surface area (Å²) < 4.78 is 5.03. The van der Waals surface area contributed by atoms with Gasteiger partial charge in [0.05, 0.1) is 5.92 Å². The van der Waals surface area contributed by atoms with Crippen molar-refractivity contribution in [1.29, 1.82) is 0 Å². The number of halogens is 1. The summed E-state index contributed by atoms with van der Waals surface area (Å²) in [7, 11) is 0. The van der Waals surface area contributed by atoms with E-state index in [9.17, 15) is 14.4 Å². The highest BCUT2D eigenvalue weighted by atomic mass is 35.5. The van der Waals surface area contributed by atoms with Crippen LogP contribution in [0.2, 0.25) is 5.22 Å². The fraction of sp³-hybridized carbons (Fsp3) is 0.188. The molecule has 0 aliphatic carbocycles. The maximum atomic E-state index is 11.9. The molecule has 1 saturated heterocycles. The average molecular weight is 333 g/mol. The summed E-state index contributed by atoms with van der Waals surface area (Å²) in [6.07, 6.45) is 0.705. The number of amides is 3. The molecule has 1 aromatic heterocycles. The van der Waals surface area contributed by atoms with E-state index >= 15 is 0 Å². The lowest BCUT2D eigenvalue weighted by Gasteiger charge is -2.08. The van der Waals surface area contributed by atoms with Gasteiger partial charge in [-0.25, -0.2) is 0 Å². The number of carbonyl (C=O) groups excluding carboxylic acids is 3. The SMILES string of the molecule is O=C1CC(Cc2ccc(NC(=O)c3ccc(Cl)o3)cc2)C(=O)N1. The van der Waals surface area contributed by atoms with Crippen LogP contribution in [0.4, 0.5) is 5.69 Å². The molecular formula is C16H13ClN2O4. The second-order valence-corrected chi connectivity index (χ2v) is 5.64. The minimum atomic E-state index is -0.398. The van der Waals surface area contributed by atoms with Gasteiger partial charge in [0.25, 0.3) is 5.91 Å². The third-order valence-electron chi connectivity index (χ3n) is 3.56. The lowest BCUT2D eigenvalue weighted by Crippen LogP contribution is -2.22. The summed E-state index contributed by atoms with van der Waals surface area (Å²) >= 11 is 5.63. The van der Waals surface area contributed by atoms with E-state index in [2.05, 4.69) is 10.6 Å². The van der Waals surface area contributed by atoms with E-state index in [1.165, 1.54) is 12.1 Å². The van der Waals surface area contributed by atoms with Crippen molar-refractivity contribution in [2.24, 2.45) is 5.92 Å². The number of hydrogen-bond acceptors (Lipinski definition) is 4. The zero-order chi connectivity index (χ0) is 16.4.